The molecule has 0 saturated carbocycles. The second-order valence-corrected chi connectivity index (χ2v) is 7.50. The zero-order chi connectivity index (χ0) is 14.9. The van der Waals surface area contributed by atoms with Crippen molar-refractivity contribution in [2.45, 2.75) is 6.61 Å². The first-order chi connectivity index (χ1) is 10.0. The van der Waals surface area contributed by atoms with Crippen LogP contribution in [0.25, 0.3) is 20.5 Å². The lowest BCUT2D eigenvalue weighted by molar-refractivity contribution is 0.313. The van der Waals surface area contributed by atoms with Gasteiger partial charge in [0.15, 0.2) is 0 Å². The molecule has 0 N–H and O–H groups in total. The molecule has 0 saturated heterocycles. The lowest BCUT2D eigenvalue weighted by Crippen LogP contribution is -2.02. The Morgan fingerprint density at radius 3 is 2.52 bits per heavy atom. The number of benzene rings is 2. The van der Waals surface area contributed by atoms with Crippen molar-refractivity contribution in [1.29, 1.82) is 0 Å². The predicted molar refractivity (Wildman–Crippen MR) is 86.9 cm³/mol. The van der Waals surface area contributed by atoms with Gasteiger partial charge >= 0.3 is 0 Å². The molecule has 3 aromatic rings. The molecule has 0 unspecified atom stereocenters. The monoisotopic (exact) mass is 318 g/mol. The molecule has 0 aliphatic rings. The summed E-state index contributed by atoms with van der Waals surface area (Å²) in [6.07, 6.45) is 1.07. The quantitative estimate of drug-likeness (QED) is 0.682. The Morgan fingerprint density at radius 1 is 1.05 bits per heavy atom. The number of hydrogen-bond donors (Lipinski definition) is 0. The zero-order valence-corrected chi connectivity index (χ0v) is 13.1. The third-order valence-corrected chi connectivity index (χ3v) is 4.83. The molecule has 3 rings (SSSR count). The van der Waals surface area contributed by atoms with Gasteiger partial charge in [0.2, 0.25) is 0 Å². The molecule has 108 valence electrons. The first-order valence-electron chi connectivity index (χ1n) is 6.44. The van der Waals surface area contributed by atoms with Crippen molar-refractivity contribution in [3.05, 3.63) is 60.2 Å². The van der Waals surface area contributed by atoms with Gasteiger partial charge in [0, 0.05) is 9.58 Å². The van der Waals surface area contributed by atoms with Crippen LogP contribution in [0.4, 0.5) is 0 Å². The van der Waals surface area contributed by atoms with E-state index in [0.717, 1.165) is 32.3 Å². The maximum absolute atomic E-state index is 11.1. The van der Waals surface area contributed by atoms with Crippen LogP contribution in [-0.2, 0) is 20.9 Å². The molecule has 0 atom stereocenters. The molecule has 0 bridgehead atoms. The smallest absolute Gasteiger partial charge is 0.264 e. The third-order valence-electron chi connectivity index (χ3n) is 3.14. The van der Waals surface area contributed by atoms with Crippen LogP contribution in [-0.4, -0.2) is 14.7 Å². The van der Waals surface area contributed by atoms with Crippen molar-refractivity contribution >= 4 is 31.5 Å². The Kier molecular flexibility index (Phi) is 3.80. The Bertz CT molecular complexity index is 865. The van der Waals surface area contributed by atoms with Gasteiger partial charge in [0.05, 0.1) is 12.9 Å². The van der Waals surface area contributed by atoms with Crippen LogP contribution >= 0.6 is 11.3 Å². The van der Waals surface area contributed by atoms with Crippen molar-refractivity contribution in [1.82, 2.24) is 0 Å². The SMILES string of the molecule is CS(=O)(=O)OCc1cccc2sc(-c3ccccc3)cc12. The van der Waals surface area contributed by atoms with Crippen LogP contribution in [0.3, 0.4) is 0 Å². The zero-order valence-electron chi connectivity index (χ0n) is 11.4. The standard InChI is InChI=1S/C16H14O3S2/c1-21(17,18)19-11-13-8-5-9-15-14(13)10-16(20-15)12-6-3-2-4-7-12/h2-10H,11H2,1H3. The molecular formula is C16H14O3S2. The molecule has 1 heterocycles. The lowest BCUT2D eigenvalue weighted by atomic mass is 10.1. The molecule has 5 heteroatoms. The van der Waals surface area contributed by atoms with Crippen LogP contribution in [0, 0.1) is 0 Å². The van der Waals surface area contributed by atoms with Gasteiger partial charge in [-0.25, -0.2) is 0 Å². The summed E-state index contributed by atoms with van der Waals surface area (Å²) in [6, 6.07) is 18.1. The van der Waals surface area contributed by atoms with Crippen LogP contribution in [0.1, 0.15) is 5.56 Å². The Balaban J connectivity index is 2.02. The molecule has 0 radical (unpaired) electrons. The van der Waals surface area contributed by atoms with Crippen LogP contribution in [0.2, 0.25) is 0 Å². The summed E-state index contributed by atoms with van der Waals surface area (Å²) in [5, 5.41) is 1.05. The van der Waals surface area contributed by atoms with Gasteiger partial charge in [-0.3, -0.25) is 4.18 Å². The van der Waals surface area contributed by atoms with E-state index in [2.05, 4.69) is 18.2 Å². The van der Waals surface area contributed by atoms with E-state index in [0.29, 0.717) is 0 Å². The van der Waals surface area contributed by atoms with Crippen LogP contribution in [0.15, 0.2) is 54.6 Å². The fourth-order valence-electron chi connectivity index (χ4n) is 2.16. The predicted octanol–water partition coefficient (Wildman–Crippen LogP) is 4.04. The maximum Gasteiger partial charge on any atom is 0.264 e. The van der Waals surface area contributed by atoms with Gasteiger partial charge in [-0.15, -0.1) is 11.3 Å². The van der Waals surface area contributed by atoms with Crippen molar-refractivity contribution in [2.24, 2.45) is 0 Å². The molecule has 0 aliphatic heterocycles. The number of fused-ring (bicyclic) bond motifs is 1. The fraction of sp³-hybridized carbons (Fsp3) is 0.125. The number of hydrogen-bond acceptors (Lipinski definition) is 4. The van der Waals surface area contributed by atoms with E-state index < -0.39 is 10.1 Å². The lowest BCUT2D eigenvalue weighted by Gasteiger charge is -2.02. The molecule has 1 aromatic heterocycles. The molecular weight excluding hydrogens is 304 g/mol. The summed E-state index contributed by atoms with van der Waals surface area (Å²) in [7, 11) is -3.43. The van der Waals surface area contributed by atoms with E-state index >= 15 is 0 Å². The topological polar surface area (TPSA) is 43.4 Å². The summed E-state index contributed by atoms with van der Waals surface area (Å²) in [4.78, 5) is 1.16. The van der Waals surface area contributed by atoms with Crippen molar-refractivity contribution in [2.75, 3.05) is 6.26 Å². The largest absolute Gasteiger partial charge is 0.265 e. The summed E-state index contributed by atoms with van der Waals surface area (Å²) in [6.45, 7) is 0.0706. The highest BCUT2D eigenvalue weighted by atomic mass is 32.2. The van der Waals surface area contributed by atoms with E-state index in [-0.39, 0.29) is 6.61 Å². The number of rotatable bonds is 4. The highest BCUT2D eigenvalue weighted by molar-refractivity contribution is 7.85. The molecule has 3 nitrogen and oxygen atoms in total. The van der Waals surface area contributed by atoms with Gasteiger partial charge in [-0.1, -0.05) is 42.5 Å². The van der Waals surface area contributed by atoms with Gasteiger partial charge in [0.1, 0.15) is 0 Å². The highest BCUT2D eigenvalue weighted by Crippen LogP contribution is 2.35. The average molecular weight is 318 g/mol. The van der Waals surface area contributed by atoms with Crippen LogP contribution in [0.5, 0.6) is 0 Å². The highest BCUT2D eigenvalue weighted by Gasteiger charge is 2.10. The Labute approximate surface area is 127 Å². The minimum absolute atomic E-state index is 0.0706. The van der Waals surface area contributed by atoms with E-state index in [1.54, 1.807) is 11.3 Å². The second-order valence-electron chi connectivity index (χ2n) is 4.77. The second kappa shape index (κ2) is 5.60. The normalized spacial score (nSPS) is 11.9. The summed E-state index contributed by atoms with van der Waals surface area (Å²) >= 11 is 1.69. The molecule has 0 aliphatic carbocycles. The van der Waals surface area contributed by atoms with E-state index in [1.807, 2.05) is 36.4 Å². The Hall–Kier alpha value is -1.69. The average Bonchev–Trinajstić information content (AvgIpc) is 2.89. The molecule has 21 heavy (non-hydrogen) atoms. The summed E-state index contributed by atoms with van der Waals surface area (Å²) in [5.41, 5.74) is 2.05. The minimum Gasteiger partial charge on any atom is -0.265 e. The van der Waals surface area contributed by atoms with Crippen molar-refractivity contribution in [3.8, 4) is 10.4 Å². The van der Waals surface area contributed by atoms with E-state index in [9.17, 15) is 8.42 Å². The van der Waals surface area contributed by atoms with Crippen molar-refractivity contribution < 1.29 is 12.6 Å². The summed E-state index contributed by atoms with van der Waals surface area (Å²) in [5.74, 6) is 0. The van der Waals surface area contributed by atoms with Gasteiger partial charge < -0.3 is 0 Å². The minimum atomic E-state index is -3.43. The maximum atomic E-state index is 11.1. The van der Waals surface area contributed by atoms with Crippen molar-refractivity contribution in [3.63, 3.8) is 0 Å². The first kappa shape index (κ1) is 14.3. The number of thiophene rings is 1. The summed E-state index contributed by atoms with van der Waals surface area (Å²) < 4.78 is 28.3. The third kappa shape index (κ3) is 3.32. The van der Waals surface area contributed by atoms with Crippen LogP contribution < -0.4 is 0 Å². The van der Waals surface area contributed by atoms with Gasteiger partial charge in [0.25, 0.3) is 10.1 Å². The first-order valence-corrected chi connectivity index (χ1v) is 9.07. The van der Waals surface area contributed by atoms with Gasteiger partial charge in [-0.05, 0) is 28.6 Å². The molecule has 2 aromatic carbocycles. The molecule has 0 spiro atoms. The molecule has 0 fully saturated rings. The Morgan fingerprint density at radius 2 is 1.81 bits per heavy atom. The van der Waals surface area contributed by atoms with E-state index in [1.165, 1.54) is 0 Å². The van der Waals surface area contributed by atoms with E-state index in [4.69, 9.17) is 4.18 Å². The van der Waals surface area contributed by atoms with Gasteiger partial charge in [-0.2, -0.15) is 8.42 Å². The fourth-order valence-corrected chi connectivity index (χ4v) is 3.62. The molecule has 0 amide bonds.